The van der Waals surface area contributed by atoms with Crippen molar-refractivity contribution in [2.75, 3.05) is 13.1 Å². The topological polar surface area (TPSA) is 202 Å². The lowest BCUT2D eigenvalue weighted by Crippen LogP contribution is -2.47. The summed E-state index contributed by atoms with van der Waals surface area (Å²) >= 11 is 0. The Balaban J connectivity index is 1.71. The molecule has 3 atom stereocenters. The maximum atomic E-state index is 12.7. The summed E-state index contributed by atoms with van der Waals surface area (Å²) in [7, 11) is 0. The third kappa shape index (κ3) is 5.15. The first-order valence-electron chi connectivity index (χ1n) is 9.83. The van der Waals surface area contributed by atoms with E-state index in [9.17, 15) is 19.5 Å². The van der Waals surface area contributed by atoms with E-state index >= 15 is 0 Å². The second kappa shape index (κ2) is 9.41. The molecule has 2 fully saturated rings. The molecule has 30 heavy (non-hydrogen) atoms. The average molecular weight is 422 g/mol. The van der Waals surface area contributed by atoms with Crippen molar-refractivity contribution in [1.29, 1.82) is 0 Å². The Morgan fingerprint density at radius 1 is 1.40 bits per heavy atom. The summed E-state index contributed by atoms with van der Waals surface area (Å²) in [5, 5.41) is 18.8. The van der Waals surface area contributed by atoms with Crippen molar-refractivity contribution in [1.82, 2.24) is 25.7 Å². The van der Waals surface area contributed by atoms with Crippen LogP contribution in [0.3, 0.4) is 0 Å². The number of likely N-dealkylation sites (tertiary alicyclic amines) is 1. The van der Waals surface area contributed by atoms with Crippen LogP contribution >= 0.6 is 0 Å². The number of amides is 3. The van der Waals surface area contributed by atoms with Crippen molar-refractivity contribution < 1.29 is 24.0 Å². The van der Waals surface area contributed by atoms with Gasteiger partial charge in [-0.05, 0) is 32.1 Å². The van der Waals surface area contributed by atoms with Crippen LogP contribution in [0, 0.1) is 0 Å². The number of nitrogens with two attached hydrogens (primary N) is 2. The second-order valence-electron chi connectivity index (χ2n) is 7.29. The van der Waals surface area contributed by atoms with Crippen molar-refractivity contribution in [2.45, 2.75) is 56.7 Å². The van der Waals surface area contributed by atoms with E-state index in [2.05, 4.69) is 25.8 Å². The standard InChI is InChI=1S/C17H26N8O5/c18-16(19)20-7-1-3-10(22-17(29)25-8-2-4-11(25)15(27)28)14-23-13(24-30-14)9-5-6-12(26)21-9/h9-11H,1-8H2,(H,21,26)(H,22,29)(H,27,28)(H4,18,19,20)/t9-,10-,11-/m0/s1. The number of aliphatic carboxylic acids is 1. The van der Waals surface area contributed by atoms with E-state index in [1.807, 2.05) is 0 Å². The summed E-state index contributed by atoms with van der Waals surface area (Å²) in [6.45, 7) is 0.697. The highest BCUT2D eigenvalue weighted by molar-refractivity contribution is 5.83. The molecule has 0 unspecified atom stereocenters. The molecule has 13 heteroatoms. The molecule has 1 aromatic rings. The highest BCUT2D eigenvalue weighted by atomic mass is 16.5. The van der Waals surface area contributed by atoms with E-state index < -0.39 is 24.1 Å². The number of aliphatic imine (C=N–C) groups is 1. The Morgan fingerprint density at radius 3 is 2.87 bits per heavy atom. The average Bonchev–Trinajstić information content (AvgIpc) is 3.43. The lowest BCUT2D eigenvalue weighted by atomic mass is 10.1. The van der Waals surface area contributed by atoms with Gasteiger partial charge in [-0.25, -0.2) is 9.59 Å². The maximum absolute atomic E-state index is 12.7. The maximum Gasteiger partial charge on any atom is 0.326 e. The van der Waals surface area contributed by atoms with Crippen molar-refractivity contribution in [3.63, 3.8) is 0 Å². The van der Waals surface area contributed by atoms with Crippen LogP contribution in [0.1, 0.15) is 62.3 Å². The molecule has 2 aliphatic heterocycles. The Kier molecular flexibility index (Phi) is 6.69. The minimum Gasteiger partial charge on any atom is -0.480 e. The van der Waals surface area contributed by atoms with Crippen LogP contribution in [0.2, 0.25) is 0 Å². The fourth-order valence-corrected chi connectivity index (χ4v) is 3.60. The molecule has 0 bridgehead atoms. The molecule has 0 saturated carbocycles. The van der Waals surface area contributed by atoms with Crippen LogP contribution in [0.15, 0.2) is 9.52 Å². The molecule has 0 aliphatic carbocycles. The van der Waals surface area contributed by atoms with Crippen LogP contribution in [0.5, 0.6) is 0 Å². The zero-order valence-corrected chi connectivity index (χ0v) is 16.4. The number of hydrogen-bond donors (Lipinski definition) is 5. The Morgan fingerprint density at radius 2 is 2.20 bits per heavy atom. The number of hydrogen-bond acceptors (Lipinski definition) is 7. The molecule has 164 valence electrons. The zero-order chi connectivity index (χ0) is 21.7. The number of carboxylic acid groups (broad SMARTS) is 1. The zero-order valence-electron chi connectivity index (χ0n) is 16.4. The Hall–Kier alpha value is -3.38. The monoisotopic (exact) mass is 422 g/mol. The number of guanidine groups is 1. The van der Waals surface area contributed by atoms with Crippen LogP contribution in [-0.4, -0.2) is 63.1 Å². The van der Waals surface area contributed by atoms with Gasteiger partial charge in [0.25, 0.3) is 0 Å². The molecule has 0 spiro atoms. The summed E-state index contributed by atoms with van der Waals surface area (Å²) in [6, 6.07) is -2.36. The number of carboxylic acids is 1. The Labute approximate surface area is 172 Å². The summed E-state index contributed by atoms with van der Waals surface area (Å²) in [6.07, 6.45) is 2.89. The third-order valence-corrected chi connectivity index (χ3v) is 5.10. The van der Waals surface area contributed by atoms with E-state index in [1.165, 1.54) is 4.90 Å². The first-order valence-corrected chi connectivity index (χ1v) is 9.83. The molecule has 2 saturated heterocycles. The SMILES string of the molecule is NC(N)=NCCC[C@H](NC(=O)N1CCC[C@H]1C(=O)O)c1nc([C@@H]2CCC(=O)N2)no1. The second-order valence-corrected chi connectivity index (χ2v) is 7.29. The molecule has 13 nitrogen and oxygen atoms in total. The lowest BCUT2D eigenvalue weighted by Gasteiger charge is -2.24. The van der Waals surface area contributed by atoms with Gasteiger partial charge in [-0.15, -0.1) is 0 Å². The molecule has 3 heterocycles. The van der Waals surface area contributed by atoms with E-state index in [1.54, 1.807) is 0 Å². The van der Waals surface area contributed by atoms with Gasteiger partial charge in [0.15, 0.2) is 11.8 Å². The molecule has 7 N–H and O–H groups in total. The number of nitrogens with one attached hydrogen (secondary N) is 2. The van der Waals surface area contributed by atoms with E-state index in [0.717, 1.165) is 0 Å². The number of nitrogens with zero attached hydrogens (tertiary/aromatic N) is 4. The number of carbonyl (C=O) groups excluding carboxylic acids is 2. The predicted molar refractivity (Wildman–Crippen MR) is 103 cm³/mol. The minimum atomic E-state index is -1.04. The molecule has 1 aromatic heterocycles. The van der Waals surface area contributed by atoms with Crippen LogP contribution in [-0.2, 0) is 9.59 Å². The van der Waals surface area contributed by atoms with Gasteiger partial charge in [0, 0.05) is 19.5 Å². The van der Waals surface area contributed by atoms with Gasteiger partial charge >= 0.3 is 12.0 Å². The quantitative estimate of drug-likeness (QED) is 0.205. The molecule has 0 aromatic carbocycles. The fraction of sp³-hybridized carbons (Fsp3) is 0.647. The van der Waals surface area contributed by atoms with Gasteiger partial charge in [0.2, 0.25) is 11.8 Å². The lowest BCUT2D eigenvalue weighted by molar-refractivity contribution is -0.141. The number of rotatable bonds is 8. The minimum absolute atomic E-state index is 0.0333. The van der Waals surface area contributed by atoms with E-state index in [0.29, 0.717) is 57.4 Å². The fourth-order valence-electron chi connectivity index (χ4n) is 3.60. The number of carbonyl (C=O) groups is 3. The van der Waals surface area contributed by atoms with Gasteiger partial charge in [-0.3, -0.25) is 9.79 Å². The van der Waals surface area contributed by atoms with Crippen molar-refractivity contribution in [3.8, 4) is 0 Å². The summed E-state index contributed by atoms with van der Waals surface area (Å²) < 4.78 is 5.34. The van der Waals surface area contributed by atoms with Crippen molar-refractivity contribution >= 4 is 23.9 Å². The van der Waals surface area contributed by atoms with Crippen molar-refractivity contribution in [3.05, 3.63) is 11.7 Å². The van der Waals surface area contributed by atoms with Crippen molar-refractivity contribution in [2.24, 2.45) is 16.5 Å². The predicted octanol–water partition coefficient (Wildman–Crippen LogP) is -0.626. The van der Waals surface area contributed by atoms with Crippen LogP contribution < -0.4 is 22.1 Å². The number of aromatic nitrogens is 2. The van der Waals surface area contributed by atoms with Gasteiger partial charge in [0.05, 0.1) is 6.04 Å². The first-order chi connectivity index (χ1) is 14.3. The van der Waals surface area contributed by atoms with Gasteiger partial charge in [0.1, 0.15) is 12.1 Å². The smallest absolute Gasteiger partial charge is 0.326 e. The van der Waals surface area contributed by atoms with Gasteiger partial charge in [-0.2, -0.15) is 4.98 Å². The summed E-state index contributed by atoms with van der Waals surface area (Å²) in [5.41, 5.74) is 10.7. The molecule has 3 rings (SSSR count). The summed E-state index contributed by atoms with van der Waals surface area (Å²) in [5.74, 6) is -0.639. The molecular weight excluding hydrogens is 396 g/mol. The van der Waals surface area contributed by atoms with Crippen LogP contribution in [0.25, 0.3) is 0 Å². The van der Waals surface area contributed by atoms with Gasteiger partial charge < -0.3 is 36.6 Å². The van der Waals surface area contributed by atoms with Crippen LogP contribution in [0.4, 0.5) is 4.79 Å². The largest absolute Gasteiger partial charge is 0.480 e. The number of urea groups is 1. The van der Waals surface area contributed by atoms with Gasteiger partial charge in [-0.1, -0.05) is 5.16 Å². The first kappa shape index (κ1) is 21.3. The molecular formula is C17H26N8O5. The summed E-state index contributed by atoms with van der Waals surface area (Å²) in [4.78, 5) is 45.1. The molecule has 2 aliphatic rings. The van der Waals surface area contributed by atoms with E-state index in [-0.39, 0.29) is 23.8 Å². The van der Waals surface area contributed by atoms with E-state index in [4.69, 9.17) is 16.0 Å². The normalized spacial score (nSPS) is 21.9. The molecule has 0 radical (unpaired) electrons. The molecule has 3 amide bonds. The third-order valence-electron chi connectivity index (χ3n) is 5.10. The highest BCUT2D eigenvalue weighted by Gasteiger charge is 2.36. The highest BCUT2D eigenvalue weighted by Crippen LogP contribution is 2.25. The Bertz CT molecular complexity index is 821.